The number of halogens is 1. The fourth-order valence-electron chi connectivity index (χ4n) is 2.35. The molecule has 0 radical (unpaired) electrons. The first-order valence-corrected chi connectivity index (χ1v) is 8.98. The molecular formula is C17H20FNO4S. The number of benzene rings is 2. The highest BCUT2D eigenvalue weighted by Gasteiger charge is 2.19. The zero-order valence-corrected chi connectivity index (χ0v) is 14.3. The van der Waals surface area contributed by atoms with Crippen LogP contribution in [0.1, 0.15) is 17.2 Å². The highest BCUT2D eigenvalue weighted by Crippen LogP contribution is 2.26. The maximum atomic E-state index is 13.2. The molecule has 1 N–H and O–H groups in total. The van der Waals surface area contributed by atoms with Crippen molar-refractivity contribution >= 4 is 10.0 Å². The molecule has 0 fully saturated rings. The first-order valence-electron chi connectivity index (χ1n) is 7.32. The van der Waals surface area contributed by atoms with Crippen molar-refractivity contribution in [1.29, 1.82) is 0 Å². The summed E-state index contributed by atoms with van der Waals surface area (Å²) in [5, 5.41) is 0. The number of ether oxygens (including phenoxy) is 2. The number of hydrogen-bond donors (Lipinski definition) is 1. The van der Waals surface area contributed by atoms with Gasteiger partial charge in [-0.3, -0.25) is 0 Å². The summed E-state index contributed by atoms with van der Waals surface area (Å²) in [6.45, 7) is 0.0501. The van der Waals surface area contributed by atoms with Gasteiger partial charge in [0, 0.05) is 19.2 Å². The van der Waals surface area contributed by atoms with Crippen LogP contribution in [-0.2, 0) is 20.5 Å². The second kappa shape index (κ2) is 8.23. The van der Waals surface area contributed by atoms with Crippen molar-refractivity contribution in [3.63, 3.8) is 0 Å². The van der Waals surface area contributed by atoms with Crippen LogP contribution >= 0.6 is 0 Å². The summed E-state index contributed by atoms with van der Waals surface area (Å²) in [4.78, 5) is 0. The molecule has 2 aromatic rings. The molecule has 1 atom stereocenters. The lowest BCUT2D eigenvalue weighted by Crippen LogP contribution is -2.30. The Balaban J connectivity index is 2.06. The second-order valence-electron chi connectivity index (χ2n) is 5.20. The Bertz CT molecular complexity index is 780. The predicted octanol–water partition coefficient (Wildman–Crippen LogP) is 2.64. The third-order valence-corrected chi connectivity index (χ3v) is 4.82. The molecule has 0 saturated heterocycles. The van der Waals surface area contributed by atoms with E-state index in [1.54, 1.807) is 19.2 Å². The van der Waals surface area contributed by atoms with Crippen LogP contribution in [0, 0.1) is 5.82 Å². The Morgan fingerprint density at radius 2 is 1.88 bits per heavy atom. The van der Waals surface area contributed by atoms with E-state index >= 15 is 0 Å². The number of nitrogens with one attached hydrogen (secondary N) is 1. The smallest absolute Gasteiger partial charge is 0.215 e. The number of rotatable bonds is 8. The normalized spacial score (nSPS) is 12.8. The van der Waals surface area contributed by atoms with Gasteiger partial charge in [-0.05, 0) is 23.8 Å². The van der Waals surface area contributed by atoms with Crippen LogP contribution in [0.3, 0.4) is 0 Å². The molecule has 2 aromatic carbocycles. The summed E-state index contributed by atoms with van der Waals surface area (Å²) in [6.07, 6.45) is -0.497. The number of para-hydroxylation sites is 1. The summed E-state index contributed by atoms with van der Waals surface area (Å²) in [5.41, 5.74) is 1.13. The van der Waals surface area contributed by atoms with E-state index in [0.717, 1.165) is 5.56 Å². The quantitative estimate of drug-likeness (QED) is 0.792. The van der Waals surface area contributed by atoms with Crippen molar-refractivity contribution in [2.75, 3.05) is 20.8 Å². The van der Waals surface area contributed by atoms with E-state index < -0.39 is 21.9 Å². The summed E-state index contributed by atoms with van der Waals surface area (Å²) in [5.74, 6) is -0.146. The van der Waals surface area contributed by atoms with Gasteiger partial charge in [0.25, 0.3) is 0 Å². The highest BCUT2D eigenvalue weighted by atomic mass is 32.2. The van der Waals surface area contributed by atoms with Crippen LogP contribution in [0.5, 0.6) is 5.75 Å². The third-order valence-electron chi connectivity index (χ3n) is 3.50. The maximum Gasteiger partial charge on any atom is 0.215 e. The Hall–Kier alpha value is -1.96. The zero-order chi connectivity index (χ0) is 17.6. The van der Waals surface area contributed by atoms with Crippen molar-refractivity contribution < 1.29 is 22.3 Å². The van der Waals surface area contributed by atoms with Gasteiger partial charge in [-0.2, -0.15) is 0 Å². The fraction of sp³-hybridized carbons (Fsp3) is 0.294. The molecule has 2 rings (SSSR count). The average Bonchev–Trinajstić information content (AvgIpc) is 2.55. The lowest BCUT2D eigenvalue weighted by atomic mass is 10.1. The summed E-state index contributed by atoms with van der Waals surface area (Å²) >= 11 is 0. The molecule has 0 aliphatic heterocycles. The SMILES string of the molecule is COc1ccccc1C(CNS(=O)(=O)Cc1cccc(F)c1)OC. The number of sulfonamides is 1. The van der Waals surface area contributed by atoms with E-state index in [4.69, 9.17) is 9.47 Å². The lowest BCUT2D eigenvalue weighted by Gasteiger charge is -2.19. The van der Waals surface area contributed by atoms with E-state index in [2.05, 4.69) is 4.72 Å². The minimum absolute atomic E-state index is 0.0501. The van der Waals surface area contributed by atoms with E-state index in [9.17, 15) is 12.8 Å². The van der Waals surface area contributed by atoms with Crippen molar-refractivity contribution in [1.82, 2.24) is 4.72 Å². The molecule has 7 heteroatoms. The van der Waals surface area contributed by atoms with E-state index in [0.29, 0.717) is 11.3 Å². The van der Waals surface area contributed by atoms with Crippen LogP contribution in [0.2, 0.25) is 0 Å². The largest absolute Gasteiger partial charge is 0.496 e. The Labute approximate surface area is 141 Å². The highest BCUT2D eigenvalue weighted by molar-refractivity contribution is 7.88. The molecule has 0 spiro atoms. The minimum atomic E-state index is -3.62. The third kappa shape index (κ3) is 5.02. The monoisotopic (exact) mass is 353 g/mol. The van der Waals surface area contributed by atoms with Crippen LogP contribution < -0.4 is 9.46 Å². The van der Waals surface area contributed by atoms with Crippen molar-refractivity contribution in [2.24, 2.45) is 0 Å². The van der Waals surface area contributed by atoms with Gasteiger partial charge in [0.05, 0.1) is 19.0 Å². The van der Waals surface area contributed by atoms with Gasteiger partial charge in [-0.25, -0.2) is 17.5 Å². The standard InChI is InChI=1S/C17H20FNO4S/c1-22-16-9-4-3-8-15(16)17(23-2)11-19-24(20,21)12-13-6-5-7-14(18)10-13/h3-10,17,19H,11-12H2,1-2H3. The van der Waals surface area contributed by atoms with Gasteiger partial charge in [0.2, 0.25) is 10.0 Å². The molecule has 0 saturated carbocycles. The Morgan fingerprint density at radius 3 is 2.54 bits per heavy atom. The van der Waals surface area contributed by atoms with Gasteiger partial charge >= 0.3 is 0 Å². The van der Waals surface area contributed by atoms with E-state index in [1.165, 1.54) is 25.3 Å². The minimum Gasteiger partial charge on any atom is -0.496 e. The summed E-state index contributed by atoms with van der Waals surface area (Å²) in [7, 11) is -0.582. The van der Waals surface area contributed by atoms with Crippen LogP contribution in [0.15, 0.2) is 48.5 Å². The maximum absolute atomic E-state index is 13.2. The molecule has 0 amide bonds. The van der Waals surface area contributed by atoms with Crippen LogP contribution in [0.25, 0.3) is 0 Å². The Morgan fingerprint density at radius 1 is 1.12 bits per heavy atom. The van der Waals surface area contributed by atoms with Gasteiger partial charge in [-0.1, -0.05) is 30.3 Å². The lowest BCUT2D eigenvalue weighted by molar-refractivity contribution is 0.105. The molecule has 1 unspecified atom stereocenters. The zero-order valence-electron chi connectivity index (χ0n) is 13.5. The number of hydrogen-bond acceptors (Lipinski definition) is 4. The van der Waals surface area contributed by atoms with Crippen LogP contribution in [-0.4, -0.2) is 29.2 Å². The van der Waals surface area contributed by atoms with Gasteiger partial charge < -0.3 is 9.47 Å². The van der Waals surface area contributed by atoms with E-state index in [1.807, 2.05) is 18.2 Å². The first-order chi connectivity index (χ1) is 11.4. The predicted molar refractivity (Wildman–Crippen MR) is 89.8 cm³/mol. The molecule has 0 aliphatic carbocycles. The van der Waals surface area contributed by atoms with Crippen molar-refractivity contribution in [3.05, 3.63) is 65.5 Å². The molecule has 0 bridgehead atoms. The molecular weight excluding hydrogens is 333 g/mol. The summed E-state index contributed by atoms with van der Waals surface area (Å²) < 4.78 is 50.7. The fourth-order valence-corrected chi connectivity index (χ4v) is 3.48. The van der Waals surface area contributed by atoms with Gasteiger partial charge in [0.1, 0.15) is 11.6 Å². The number of methoxy groups -OCH3 is 2. The summed E-state index contributed by atoms with van der Waals surface area (Å²) in [6, 6.07) is 12.8. The van der Waals surface area contributed by atoms with Gasteiger partial charge in [0.15, 0.2) is 0 Å². The topological polar surface area (TPSA) is 64.6 Å². The van der Waals surface area contributed by atoms with Crippen LogP contribution in [0.4, 0.5) is 4.39 Å². The molecule has 130 valence electrons. The molecule has 0 heterocycles. The first kappa shape index (κ1) is 18.4. The molecule has 5 nitrogen and oxygen atoms in total. The van der Waals surface area contributed by atoms with Crippen molar-refractivity contribution in [3.8, 4) is 5.75 Å². The average molecular weight is 353 g/mol. The Kier molecular flexibility index (Phi) is 6.30. The van der Waals surface area contributed by atoms with Gasteiger partial charge in [-0.15, -0.1) is 0 Å². The molecule has 0 aromatic heterocycles. The molecule has 24 heavy (non-hydrogen) atoms. The molecule has 0 aliphatic rings. The van der Waals surface area contributed by atoms with Crippen molar-refractivity contribution in [2.45, 2.75) is 11.9 Å². The van der Waals surface area contributed by atoms with E-state index in [-0.39, 0.29) is 12.3 Å². The second-order valence-corrected chi connectivity index (χ2v) is 7.01.